The summed E-state index contributed by atoms with van der Waals surface area (Å²) in [6.07, 6.45) is 2.05. The number of hydrogen-bond acceptors (Lipinski definition) is 5. The zero-order valence-corrected chi connectivity index (χ0v) is 21.1. The molecule has 0 bridgehead atoms. The first kappa shape index (κ1) is 24.9. The molecule has 1 aromatic heterocycles. The Morgan fingerprint density at radius 2 is 1.89 bits per heavy atom. The minimum absolute atomic E-state index is 0.0821. The lowest BCUT2D eigenvalue weighted by atomic mass is 10.2. The second-order valence-electron chi connectivity index (χ2n) is 8.81. The number of aromatic nitrogens is 2. The van der Waals surface area contributed by atoms with Gasteiger partial charge in [0.1, 0.15) is 11.9 Å². The Hall–Kier alpha value is -3.24. The van der Waals surface area contributed by atoms with Crippen molar-refractivity contribution in [2.75, 3.05) is 26.0 Å². The monoisotopic (exact) mass is 497 g/mol. The van der Waals surface area contributed by atoms with E-state index in [1.54, 1.807) is 23.1 Å². The van der Waals surface area contributed by atoms with Crippen LogP contribution in [-0.2, 0) is 32.6 Å². The molecule has 4 rings (SSSR count). The molecule has 1 saturated heterocycles. The molecular formula is C25H31N5O4S. The fraction of sp³-hybridized carbons (Fsp3) is 0.400. The second-order valence-corrected chi connectivity index (χ2v) is 11.0. The van der Waals surface area contributed by atoms with Crippen molar-refractivity contribution in [1.82, 2.24) is 18.8 Å². The second kappa shape index (κ2) is 10.2. The molecule has 1 fully saturated rings. The Balaban J connectivity index is 1.48. The fourth-order valence-corrected chi connectivity index (χ4v) is 5.44. The van der Waals surface area contributed by atoms with Gasteiger partial charge in [-0.3, -0.25) is 9.59 Å². The average molecular weight is 498 g/mol. The van der Waals surface area contributed by atoms with Crippen LogP contribution in [0.25, 0.3) is 11.0 Å². The van der Waals surface area contributed by atoms with Gasteiger partial charge in [0, 0.05) is 45.7 Å². The van der Waals surface area contributed by atoms with Crippen LogP contribution in [0.3, 0.4) is 0 Å². The zero-order chi connectivity index (χ0) is 25.2. The van der Waals surface area contributed by atoms with Crippen molar-refractivity contribution in [2.24, 2.45) is 0 Å². The Morgan fingerprint density at radius 3 is 2.57 bits per heavy atom. The molecule has 9 nitrogen and oxygen atoms in total. The van der Waals surface area contributed by atoms with Crippen LogP contribution in [0.4, 0.5) is 5.69 Å². The number of amides is 2. The maximum absolute atomic E-state index is 13.1. The van der Waals surface area contributed by atoms with E-state index in [4.69, 9.17) is 0 Å². The molecule has 2 heterocycles. The lowest BCUT2D eigenvalue weighted by molar-refractivity contribution is -0.136. The highest BCUT2D eigenvalue weighted by atomic mass is 32.2. The molecule has 1 aliphatic heterocycles. The Morgan fingerprint density at radius 1 is 1.14 bits per heavy atom. The molecule has 3 aromatic rings. The van der Waals surface area contributed by atoms with Gasteiger partial charge in [0.2, 0.25) is 21.8 Å². The number of carbonyl (C=O) groups is 2. The Bertz CT molecular complexity index is 1330. The Labute approximate surface area is 205 Å². The predicted octanol–water partition coefficient (Wildman–Crippen LogP) is 2.87. The summed E-state index contributed by atoms with van der Waals surface area (Å²) in [5.74, 6) is 0.471. The minimum Gasteiger partial charge on any atom is -0.331 e. The van der Waals surface area contributed by atoms with Gasteiger partial charge in [-0.15, -0.1) is 0 Å². The van der Waals surface area contributed by atoms with Gasteiger partial charge in [-0.05, 0) is 50.1 Å². The lowest BCUT2D eigenvalue weighted by Gasteiger charge is -2.24. The molecule has 1 atom stereocenters. The quantitative estimate of drug-likeness (QED) is 0.515. The van der Waals surface area contributed by atoms with E-state index in [1.807, 2.05) is 41.8 Å². The van der Waals surface area contributed by atoms with E-state index < -0.39 is 16.1 Å². The number of para-hydroxylation sites is 1. The van der Waals surface area contributed by atoms with Crippen LogP contribution in [0.15, 0.2) is 53.4 Å². The maximum Gasteiger partial charge on any atom is 0.247 e. The number of anilines is 1. The number of likely N-dealkylation sites (tertiary alicyclic amines) is 1. The topological polar surface area (TPSA) is 105 Å². The van der Waals surface area contributed by atoms with E-state index in [9.17, 15) is 18.0 Å². The van der Waals surface area contributed by atoms with Crippen molar-refractivity contribution >= 4 is 38.6 Å². The molecule has 35 heavy (non-hydrogen) atoms. The summed E-state index contributed by atoms with van der Waals surface area (Å²) < 4.78 is 28.2. The first-order valence-corrected chi connectivity index (χ1v) is 13.2. The molecule has 2 aromatic carbocycles. The fourth-order valence-electron chi connectivity index (χ4n) is 4.52. The number of hydrogen-bond donors (Lipinski definition) is 1. The molecule has 186 valence electrons. The van der Waals surface area contributed by atoms with E-state index in [0.717, 1.165) is 17.8 Å². The highest BCUT2D eigenvalue weighted by molar-refractivity contribution is 7.89. The minimum atomic E-state index is -3.57. The standard InChI is InChI=1S/C25H31N5O4S/c1-4-29-21-13-12-19(35(33,34)28(2)3)17-20(21)27-23(29)14-15-24(31)30-16-8-11-22(30)25(32)26-18-9-6-5-7-10-18/h5-7,9-10,12-13,17,22H,4,8,11,14-16H2,1-3H3,(H,26,32)/t22-/m1/s1. The molecule has 0 spiro atoms. The lowest BCUT2D eigenvalue weighted by Crippen LogP contribution is -2.43. The zero-order valence-electron chi connectivity index (χ0n) is 20.3. The third kappa shape index (κ3) is 5.08. The summed E-state index contributed by atoms with van der Waals surface area (Å²) >= 11 is 0. The number of sulfonamides is 1. The van der Waals surface area contributed by atoms with Crippen LogP contribution >= 0.6 is 0 Å². The molecule has 0 unspecified atom stereocenters. The number of aryl methyl sites for hydroxylation is 2. The number of nitrogens with one attached hydrogen (secondary N) is 1. The normalized spacial score (nSPS) is 16.2. The van der Waals surface area contributed by atoms with Crippen LogP contribution in [-0.4, -0.2) is 65.7 Å². The van der Waals surface area contributed by atoms with Crippen LogP contribution < -0.4 is 5.32 Å². The van der Waals surface area contributed by atoms with Gasteiger partial charge in [0.15, 0.2) is 0 Å². The first-order valence-electron chi connectivity index (χ1n) is 11.8. The van der Waals surface area contributed by atoms with Gasteiger partial charge in [0.25, 0.3) is 0 Å². The van der Waals surface area contributed by atoms with Crippen LogP contribution in [0.2, 0.25) is 0 Å². The van der Waals surface area contributed by atoms with E-state index >= 15 is 0 Å². The average Bonchev–Trinajstić information content (AvgIpc) is 3.47. The van der Waals surface area contributed by atoms with Gasteiger partial charge in [-0.1, -0.05) is 18.2 Å². The summed E-state index contributed by atoms with van der Waals surface area (Å²) in [6, 6.07) is 13.7. The number of rotatable bonds is 8. The third-order valence-corrected chi connectivity index (χ3v) is 8.18. The van der Waals surface area contributed by atoms with Gasteiger partial charge >= 0.3 is 0 Å². The van der Waals surface area contributed by atoms with Gasteiger partial charge in [0.05, 0.1) is 15.9 Å². The maximum atomic E-state index is 13.1. The molecule has 10 heteroatoms. The van der Waals surface area contributed by atoms with Crippen molar-refractivity contribution in [3.63, 3.8) is 0 Å². The summed E-state index contributed by atoms with van der Waals surface area (Å²) in [5, 5.41) is 2.90. The van der Waals surface area contributed by atoms with Crippen molar-refractivity contribution in [1.29, 1.82) is 0 Å². The Kier molecular flexibility index (Phi) is 7.23. The molecule has 0 aliphatic carbocycles. The number of carbonyl (C=O) groups excluding carboxylic acids is 2. The molecule has 0 saturated carbocycles. The summed E-state index contributed by atoms with van der Waals surface area (Å²) in [5.41, 5.74) is 2.12. The van der Waals surface area contributed by atoms with Crippen molar-refractivity contribution in [3.05, 3.63) is 54.4 Å². The van der Waals surface area contributed by atoms with Crippen LogP contribution in [0.1, 0.15) is 32.0 Å². The predicted molar refractivity (Wildman–Crippen MR) is 134 cm³/mol. The SMILES string of the molecule is CCn1c(CCC(=O)N2CCC[C@@H]2C(=O)Nc2ccccc2)nc2cc(S(=O)(=O)N(C)C)ccc21. The summed E-state index contributed by atoms with van der Waals surface area (Å²) in [6.45, 7) is 3.19. The van der Waals surface area contributed by atoms with E-state index in [2.05, 4.69) is 10.3 Å². The number of fused-ring (bicyclic) bond motifs is 1. The third-order valence-electron chi connectivity index (χ3n) is 6.37. The number of benzene rings is 2. The van der Waals surface area contributed by atoms with Crippen LogP contribution in [0.5, 0.6) is 0 Å². The van der Waals surface area contributed by atoms with E-state index in [1.165, 1.54) is 18.4 Å². The smallest absolute Gasteiger partial charge is 0.247 e. The molecule has 1 N–H and O–H groups in total. The van der Waals surface area contributed by atoms with Gasteiger partial charge < -0.3 is 14.8 Å². The highest BCUT2D eigenvalue weighted by Gasteiger charge is 2.34. The van der Waals surface area contributed by atoms with Crippen molar-refractivity contribution in [3.8, 4) is 0 Å². The molecular weight excluding hydrogens is 466 g/mol. The van der Waals surface area contributed by atoms with E-state index in [0.29, 0.717) is 37.1 Å². The van der Waals surface area contributed by atoms with Crippen LogP contribution in [0, 0.1) is 0 Å². The molecule has 2 amide bonds. The number of nitrogens with zero attached hydrogens (tertiary/aromatic N) is 4. The van der Waals surface area contributed by atoms with Crippen molar-refractivity contribution in [2.45, 2.75) is 50.1 Å². The highest BCUT2D eigenvalue weighted by Crippen LogP contribution is 2.24. The summed E-state index contributed by atoms with van der Waals surface area (Å²) in [4.78, 5) is 32.4. The largest absolute Gasteiger partial charge is 0.331 e. The molecule has 1 aliphatic rings. The summed E-state index contributed by atoms with van der Waals surface area (Å²) in [7, 11) is -0.581. The van der Waals surface area contributed by atoms with Crippen molar-refractivity contribution < 1.29 is 18.0 Å². The van der Waals surface area contributed by atoms with E-state index in [-0.39, 0.29) is 23.1 Å². The van der Waals surface area contributed by atoms with Gasteiger partial charge in [-0.25, -0.2) is 17.7 Å². The number of imidazole rings is 1. The molecule has 0 radical (unpaired) electrons. The van der Waals surface area contributed by atoms with Gasteiger partial charge in [-0.2, -0.15) is 0 Å². The first-order chi connectivity index (χ1) is 16.7.